The van der Waals surface area contributed by atoms with Gasteiger partial charge in [0.25, 0.3) is 0 Å². The van der Waals surface area contributed by atoms with Crippen LogP contribution in [0.25, 0.3) is 5.57 Å². The van der Waals surface area contributed by atoms with Crippen molar-refractivity contribution < 1.29 is 0 Å². The maximum Gasteiger partial charge on any atom is 0.0597 e. The second-order valence-electron chi connectivity index (χ2n) is 5.77. The van der Waals surface area contributed by atoms with Crippen LogP contribution < -0.4 is 0 Å². The molecule has 3 nitrogen and oxygen atoms in total. The summed E-state index contributed by atoms with van der Waals surface area (Å²) in [6, 6.07) is 0. The van der Waals surface area contributed by atoms with E-state index in [-0.39, 0.29) is 5.92 Å². The van der Waals surface area contributed by atoms with Crippen LogP contribution in [-0.2, 0) is 6.54 Å². The van der Waals surface area contributed by atoms with Gasteiger partial charge in [0, 0.05) is 30.9 Å². The normalized spacial score (nSPS) is 22.3. The third kappa shape index (κ3) is 4.82. The standard InChI is InChI=1S/C20H25N3/c1-5-12-23-15-19(14-22-23)17(4)13-21-20-11-10-18(6-2)9-7-8-16(20)3/h10-11,13-16H,4-6,9,12H2,1-3H3/b18-10-,20-11+,21-13-. The highest BCUT2D eigenvalue weighted by molar-refractivity contribution is 6.08. The minimum absolute atomic E-state index is 0.136. The minimum atomic E-state index is 0.136. The number of hydrogen-bond acceptors (Lipinski definition) is 2. The topological polar surface area (TPSA) is 30.2 Å². The maximum atomic E-state index is 4.62. The molecule has 0 spiro atoms. The Hall–Kier alpha value is -2.34. The molecule has 0 radical (unpaired) electrons. The fourth-order valence-electron chi connectivity index (χ4n) is 2.30. The zero-order chi connectivity index (χ0) is 16.7. The van der Waals surface area contributed by atoms with Crippen LogP contribution in [0.1, 0.15) is 45.6 Å². The summed E-state index contributed by atoms with van der Waals surface area (Å²) in [5.74, 6) is 6.64. The first-order valence-electron chi connectivity index (χ1n) is 8.27. The third-order valence-corrected chi connectivity index (χ3v) is 3.85. The molecule has 120 valence electrons. The van der Waals surface area contributed by atoms with Crippen molar-refractivity contribution in [1.82, 2.24) is 9.78 Å². The Labute approximate surface area is 139 Å². The molecule has 0 amide bonds. The molecule has 1 aromatic rings. The summed E-state index contributed by atoms with van der Waals surface area (Å²) < 4.78 is 1.94. The molecule has 0 aliphatic heterocycles. The molecule has 1 unspecified atom stereocenters. The molecule has 0 aromatic carbocycles. The lowest BCUT2D eigenvalue weighted by molar-refractivity contribution is 0.602. The number of hydrogen-bond donors (Lipinski definition) is 0. The predicted octanol–water partition coefficient (Wildman–Crippen LogP) is 4.64. The Kier molecular flexibility index (Phi) is 6.17. The molecule has 0 N–H and O–H groups in total. The number of aromatic nitrogens is 2. The van der Waals surface area contributed by atoms with Crippen molar-refractivity contribution >= 4 is 11.8 Å². The van der Waals surface area contributed by atoms with E-state index < -0.39 is 0 Å². The van der Waals surface area contributed by atoms with Gasteiger partial charge >= 0.3 is 0 Å². The van der Waals surface area contributed by atoms with Gasteiger partial charge in [-0.05, 0) is 31.4 Å². The molecule has 1 atom stereocenters. The van der Waals surface area contributed by atoms with Crippen LogP contribution in [0.4, 0.5) is 0 Å². The summed E-state index contributed by atoms with van der Waals surface area (Å²) in [4.78, 5) is 4.62. The molecule has 2 rings (SSSR count). The number of allylic oxidation sites excluding steroid dienone is 5. The first kappa shape index (κ1) is 17.0. The third-order valence-electron chi connectivity index (χ3n) is 3.85. The van der Waals surface area contributed by atoms with Gasteiger partial charge in [-0.2, -0.15) is 5.10 Å². The summed E-state index contributed by atoms with van der Waals surface area (Å²) in [6.45, 7) is 11.4. The van der Waals surface area contributed by atoms with E-state index in [1.807, 2.05) is 23.3 Å². The molecular formula is C20H25N3. The Bertz CT molecular complexity index is 705. The van der Waals surface area contributed by atoms with Crippen molar-refractivity contribution in [3.63, 3.8) is 0 Å². The van der Waals surface area contributed by atoms with Gasteiger partial charge in [-0.1, -0.05) is 43.9 Å². The zero-order valence-electron chi connectivity index (χ0n) is 14.3. The number of aryl methyl sites for hydroxylation is 1. The van der Waals surface area contributed by atoms with Crippen molar-refractivity contribution in [2.24, 2.45) is 10.9 Å². The van der Waals surface area contributed by atoms with E-state index in [0.717, 1.165) is 42.6 Å². The molecule has 1 aromatic heterocycles. The molecule has 1 aliphatic carbocycles. The lowest BCUT2D eigenvalue weighted by atomic mass is 10.0. The van der Waals surface area contributed by atoms with Crippen LogP contribution in [0, 0.1) is 17.8 Å². The van der Waals surface area contributed by atoms with E-state index in [1.54, 1.807) is 0 Å². The Morgan fingerprint density at radius 3 is 3.04 bits per heavy atom. The Morgan fingerprint density at radius 1 is 1.48 bits per heavy atom. The van der Waals surface area contributed by atoms with Gasteiger partial charge in [-0.3, -0.25) is 9.67 Å². The van der Waals surface area contributed by atoms with Crippen molar-refractivity contribution in [1.29, 1.82) is 0 Å². The first-order valence-corrected chi connectivity index (χ1v) is 8.27. The molecular weight excluding hydrogens is 282 g/mol. The van der Waals surface area contributed by atoms with Crippen LogP contribution in [-0.4, -0.2) is 16.0 Å². The zero-order valence-corrected chi connectivity index (χ0v) is 14.3. The first-order chi connectivity index (χ1) is 11.1. The largest absolute Gasteiger partial charge is 0.272 e. The van der Waals surface area contributed by atoms with Crippen molar-refractivity contribution in [2.45, 2.75) is 46.6 Å². The van der Waals surface area contributed by atoms with Gasteiger partial charge in [0.2, 0.25) is 0 Å². The van der Waals surface area contributed by atoms with Gasteiger partial charge in [-0.15, -0.1) is 0 Å². The van der Waals surface area contributed by atoms with Gasteiger partial charge in [0.15, 0.2) is 0 Å². The van der Waals surface area contributed by atoms with E-state index in [2.05, 4.69) is 61.4 Å². The van der Waals surface area contributed by atoms with Crippen LogP contribution >= 0.6 is 0 Å². The number of aliphatic imine (C=N–C) groups is 1. The minimum Gasteiger partial charge on any atom is -0.272 e. The van der Waals surface area contributed by atoms with Gasteiger partial charge < -0.3 is 0 Å². The highest BCUT2D eigenvalue weighted by Crippen LogP contribution is 2.18. The summed E-state index contributed by atoms with van der Waals surface area (Å²) in [5.41, 5.74) is 4.20. The van der Waals surface area contributed by atoms with Crippen LogP contribution in [0.3, 0.4) is 0 Å². The fourth-order valence-corrected chi connectivity index (χ4v) is 2.30. The smallest absolute Gasteiger partial charge is 0.0597 e. The lowest BCUT2D eigenvalue weighted by Gasteiger charge is -2.08. The van der Waals surface area contributed by atoms with E-state index in [4.69, 9.17) is 0 Å². The summed E-state index contributed by atoms with van der Waals surface area (Å²) in [7, 11) is 0. The summed E-state index contributed by atoms with van der Waals surface area (Å²) in [5, 5.41) is 4.33. The van der Waals surface area contributed by atoms with Gasteiger partial charge in [-0.25, -0.2) is 0 Å². The van der Waals surface area contributed by atoms with Crippen LogP contribution in [0.5, 0.6) is 0 Å². The Balaban J connectivity index is 2.13. The predicted molar refractivity (Wildman–Crippen MR) is 98.1 cm³/mol. The molecule has 23 heavy (non-hydrogen) atoms. The summed E-state index contributed by atoms with van der Waals surface area (Å²) >= 11 is 0. The SMILES string of the molecule is C=C(\C=N/C1=C/C=C(/CC)CC#CC1C)c1cnn(CCC)c1. The molecule has 3 heteroatoms. The monoisotopic (exact) mass is 307 g/mol. The van der Waals surface area contributed by atoms with Crippen molar-refractivity contribution in [3.8, 4) is 11.8 Å². The van der Waals surface area contributed by atoms with Crippen molar-refractivity contribution in [2.75, 3.05) is 0 Å². The average molecular weight is 307 g/mol. The van der Waals surface area contributed by atoms with Gasteiger partial charge in [0.1, 0.15) is 0 Å². The average Bonchev–Trinajstić information content (AvgIpc) is 2.99. The van der Waals surface area contributed by atoms with E-state index in [9.17, 15) is 0 Å². The van der Waals surface area contributed by atoms with Crippen LogP contribution in [0.15, 0.2) is 47.4 Å². The molecule has 1 aliphatic rings. The Morgan fingerprint density at radius 2 is 2.30 bits per heavy atom. The molecule has 0 bridgehead atoms. The lowest BCUT2D eigenvalue weighted by Crippen LogP contribution is -1.97. The number of nitrogens with zero attached hydrogens (tertiary/aromatic N) is 3. The van der Waals surface area contributed by atoms with Gasteiger partial charge in [0.05, 0.1) is 17.8 Å². The molecule has 0 saturated carbocycles. The highest BCUT2D eigenvalue weighted by atomic mass is 15.3. The maximum absolute atomic E-state index is 4.62. The number of rotatable bonds is 6. The molecule has 0 fully saturated rings. The quantitative estimate of drug-likeness (QED) is 0.556. The molecule has 0 saturated heterocycles. The second-order valence-corrected chi connectivity index (χ2v) is 5.77. The van der Waals surface area contributed by atoms with E-state index >= 15 is 0 Å². The fraction of sp³-hybridized carbons (Fsp3) is 0.400. The second kappa shape index (κ2) is 8.33. The van der Waals surface area contributed by atoms with Crippen LogP contribution in [0.2, 0.25) is 0 Å². The van der Waals surface area contributed by atoms with Crippen molar-refractivity contribution in [3.05, 3.63) is 48.0 Å². The highest BCUT2D eigenvalue weighted by Gasteiger charge is 2.06. The summed E-state index contributed by atoms with van der Waals surface area (Å²) in [6.07, 6.45) is 12.9. The van der Waals surface area contributed by atoms with E-state index in [1.165, 1.54) is 5.57 Å². The van der Waals surface area contributed by atoms with E-state index in [0.29, 0.717) is 0 Å². The molecule has 1 heterocycles.